The van der Waals surface area contributed by atoms with E-state index in [9.17, 15) is 5.11 Å². The van der Waals surface area contributed by atoms with Crippen molar-refractivity contribution in [3.05, 3.63) is 35.8 Å². The van der Waals surface area contributed by atoms with E-state index in [2.05, 4.69) is 39.8 Å². The maximum absolute atomic E-state index is 10.4. The van der Waals surface area contributed by atoms with Crippen LogP contribution in [0.15, 0.2) is 34.7 Å². The molecule has 0 spiro atoms. The normalized spacial score (nSPS) is 37.5. The third-order valence-corrected chi connectivity index (χ3v) is 6.83. The predicted octanol–water partition coefficient (Wildman–Crippen LogP) is 4.98. The highest BCUT2D eigenvalue weighted by atomic mass is 16.3. The Hall–Kier alpha value is -1.02. The monoisotopic (exact) mass is 302 g/mol. The highest BCUT2D eigenvalue weighted by Crippen LogP contribution is 2.57. The van der Waals surface area contributed by atoms with Gasteiger partial charge in [-0.15, -0.1) is 0 Å². The Morgan fingerprint density at radius 2 is 2.05 bits per heavy atom. The summed E-state index contributed by atoms with van der Waals surface area (Å²) in [5, 5.41) is 10.4. The van der Waals surface area contributed by atoms with Gasteiger partial charge >= 0.3 is 0 Å². The predicted molar refractivity (Wildman–Crippen MR) is 89.5 cm³/mol. The molecule has 0 amide bonds. The van der Waals surface area contributed by atoms with E-state index in [1.54, 1.807) is 6.26 Å². The number of rotatable bonds is 3. The highest BCUT2D eigenvalue weighted by molar-refractivity contribution is 5.27. The van der Waals surface area contributed by atoms with Crippen molar-refractivity contribution in [3.8, 4) is 0 Å². The summed E-state index contributed by atoms with van der Waals surface area (Å²) in [6.45, 7) is 9.33. The van der Waals surface area contributed by atoms with Crippen molar-refractivity contribution in [2.75, 3.05) is 0 Å². The fraction of sp³-hybridized carbons (Fsp3) is 0.700. The van der Waals surface area contributed by atoms with Crippen LogP contribution in [0.4, 0.5) is 0 Å². The molecule has 0 aliphatic heterocycles. The van der Waals surface area contributed by atoms with Gasteiger partial charge in [0, 0.05) is 5.41 Å². The molecule has 1 saturated carbocycles. The van der Waals surface area contributed by atoms with Gasteiger partial charge in [-0.1, -0.05) is 39.3 Å². The van der Waals surface area contributed by atoms with E-state index in [0.29, 0.717) is 17.3 Å². The molecule has 2 aliphatic rings. The first-order valence-corrected chi connectivity index (χ1v) is 8.75. The van der Waals surface area contributed by atoms with Gasteiger partial charge < -0.3 is 9.52 Å². The Morgan fingerprint density at radius 3 is 2.73 bits per heavy atom. The molecule has 2 aliphatic carbocycles. The number of allylic oxidation sites excluding steroid dienone is 1. The molecule has 2 nitrogen and oxygen atoms in total. The summed E-state index contributed by atoms with van der Waals surface area (Å²) >= 11 is 0. The van der Waals surface area contributed by atoms with Crippen molar-refractivity contribution in [2.45, 2.75) is 65.9 Å². The second-order valence-corrected chi connectivity index (χ2v) is 8.30. The first-order valence-electron chi connectivity index (χ1n) is 8.75. The summed E-state index contributed by atoms with van der Waals surface area (Å²) in [5.74, 6) is 1.31. The molecule has 0 bridgehead atoms. The molecule has 4 atom stereocenters. The zero-order valence-electron chi connectivity index (χ0n) is 14.4. The number of aliphatic hydroxyl groups is 1. The molecule has 22 heavy (non-hydrogen) atoms. The van der Waals surface area contributed by atoms with Gasteiger partial charge in [0.2, 0.25) is 0 Å². The van der Waals surface area contributed by atoms with Gasteiger partial charge in [-0.2, -0.15) is 0 Å². The van der Waals surface area contributed by atoms with E-state index in [1.807, 2.05) is 6.26 Å². The number of aryl methyl sites for hydroxylation is 1. The number of hydrogen-bond acceptors (Lipinski definition) is 2. The minimum absolute atomic E-state index is 0.0695. The van der Waals surface area contributed by atoms with Gasteiger partial charge in [-0.25, -0.2) is 0 Å². The molecule has 0 unspecified atom stereocenters. The molecule has 0 radical (unpaired) electrons. The topological polar surface area (TPSA) is 33.4 Å². The molecule has 1 heterocycles. The fourth-order valence-corrected chi connectivity index (χ4v) is 4.76. The van der Waals surface area contributed by atoms with Gasteiger partial charge in [0.25, 0.3) is 0 Å². The minimum atomic E-state index is -0.193. The molecular weight excluding hydrogens is 272 g/mol. The summed E-state index contributed by atoms with van der Waals surface area (Å²) < 4.78 is 5.22. The third-order valence-electron chi connectivity index (χ3n) is 6.83. The summed E-state index contributed by atoms with van der Waals surface area (Å²) in [4.78, 5) is 0. The number of aliphatic hydroxyl groups excluding tert-OH is 1. The van der Waals surface area contributed by atoms with Gasteiger partial charge in [0.1, 0.15) is 0 Å². The average Bonchev–Trinajstić information content (AvgIpc) is 2.98. The number of furan rings is 1. The van der Waals surface area contributed by atoms with E-state index in [-0.39, 0.29) is 11.5 Å². The van der Waals surface area contributed by atoms with Crippen LogP contribution in [-0.4, -0.2) is 11.2 Å². The van der Waals surface area contributed by atoms with Crippen LogP contribution in [0.3, 0.4) is 0 Å². The molecule has 2 heteroatoms. The van der Waals surface area contributed by atoms with E-state index in [4.69, 9.17) is 4.42 Å². The molecule has 0 saturated heterocycles. The van der Waals surface area contributed by atoms with E-state index in [0.717, 1.165) is 25.7 Å². The molecule has 1 fully saturated rings. The second-order valence-electron chi connectivity index (χ2n) is 8.30. The molecule has 1 N–H and O–H groups in total. The van der Waals surface area contributed by atoms with Crippen LogP contribution in [-0.2, 0) is 6.42 Å². The summed E-state index contributed by atoms with van der Waals surface area (Å²) in [7, 11) is 0. The smallest absolute Gasteiger partial charge is 0.0934 e. The molecule has 3 rings (SSSR count). The lowest BCUT2D eigenvalue weighted by Crippen LogP contribution is -2.48. The lowest BCUT2D eigenvalue weighted by atomic mass is 9.51. The van der Waals surface area contributed by atoms with Crippen molar-refractivity contribution in [1.82, 2.24) is 0 Å². The van der Waals surface area contributed by atoms with Gasteiger partial charge in [0.05, 0.1) is 18.6 Å². The molecular formula is C20H30O2. The van der Waals surface area contributed by atoms with Crippen LogP contribution in [0.1, 0.15) is 58.9 Å². The first kappa shape index (κ1) is 15.9. The standard InChI is InChI=1S/C20H30O2/c1-14-5-6-16-17(7-8-18(21)19(16,2)3)20(14,4)11-9-15-10-12-22-13-15/h6,10,12-14,17-18,21H,5,7-9,11H2,1-4H3/t14-,17+,18+,20+/m1/s1. The van der Waals surface area contributed by atoms with Crippen molar-refractivity contribution in [2.24, 2.45) is 22.7 Å². The lowest BCUT2D eigenvalue weighted by molar-refractivity contribution is -0.0141. The maximum Gasteiger partial charge on any atom is 0.0934 e. The van der Waals surface area contributed by atoms with E-state index >= 15 is 0 Å². The maximum atomic E-state index is 10.4. The largest absolute Gasteiger partial charge is 0.472 e. The quantitative estimate of drug-likeness (QED) is 0.799. The Morgan fingerprint density at radius 1 is 1.27 bits per heavy atom. The van der Waals surface area contributed by atoms with Crippen molar-refractivity contribution < 1.29 is 9.52 Å². The Kier molecular flexibility index (Phi) is 4.01. The minimum Gasteiger partial charge on any atom is -0.472 e. The first-order chi connectivity index (χ1) is 10.4. The molecule has 0 aromatic carbocycles. The lowest BCUT2D eigenvalue weighted by Gasteiger charge is -2.54. The Bertz CT molecular complexity index is 540. The van der Waals surface area contributed by atoms with Crippen molar-refractivity contribution in [3.63, 3.8) is 0 Å². The van der Waals surface area contributed by atoms with Gasteiger partial charge in [-0.05, 0) is 61.0 Å². The molecule has 1 aromatic heterocycles. The van der Waals surface area contributed by atoms with Crippen LogP contribution >= 0.6 is 0 Å². The summed E-state index contributed by atoms with van der Waals surface area (Å²) in [5.41, 5.74) is 3.07. The van der Waals surface area contributed by atoms with Crippen LogP contribution in [0.2, 0.25) is 0 Å². The molecule has 1 aromatic rings. The number of fused-ring (bicyclic) bond motifs is 1. The summed E-state index contributed by atoms with van der Waals surface area (Å²) in [6, 6.07) is 2.09. The third kappa shape index (κ3) is 2.46. The van der Waals surface area contributed by atoms with Crippen molar-refractivity contribution in [1.29, 1.82) is 0 Å². The van der Waals surface area contributed by atoms with E-state index < -0.39 is 0 Å². The van der Waals surface area contributed by atoms with Crippen LogP contribution in [0, 0.1) is 22.7 Å². The molecule has 122 valence electrons. The fourth-order valence-electron chi connectivity index (χ4n) is 4.76. The van der Waals surface area contributed by atoms with Crippen LogP contribution in [0.5, 0.6) is 0 Å². The summed E-state index contributed by atoms with van der Waals surface area (Å²) in [6.07, 6.45) is 11.4. The van der Waals surface area contributed by atoms with Gasteiger partial charge in [0.15, 0.2) is 0 Å². The van der Waals surface area contributed by atoms with E-state index in [1.165, 1.54) is 17.6 Å². The zero-order chi connectivity index (χ0) is 16.0. The average molecular weight is 302 g/mol. The van der Waals surface area contributed by atoms with Crippen LogP contribution < -0.4 is 0 Å². The highest BCUT2D eigenvalue weighted by Gasteiger charge is 2.50. The van der Waals surface area contributed by atoms with Crippen molar-refractivity contribution >= 4 is 0 Å². The Balaban J connectivity index is 1.85. The SMILES string of the molecule is C[C@@H]1CC=C2[C@H](CC[C@H](O)C2(C)C)[C@@]1(C)CCc1ccoc1. The Labute approximate surface area is 134 Å². The van der Waals surface area contributed by atoms with Crippen LogP contribution in [0.25, 0.3) is 0 Å². The second kappa shape index (κ2) is 5.56. The zero-order valence-corrected chi connectivity index (χ0v) is 14.4. The number of hydrogen-bond donors (Lipinski definition) is 1. The van der Waals surface area contributed by atoms with Gasteiger partial charge in [-0.3, -0.25) is 0 Å².